The van der Waals surface area contributed by atoms with Crippen molar-refractivity contribution in [1.82, 2.24) is 0 Å². The summed E-state index contributed by atoms with van der Waals surface area (Å²) in [6, 6.07) is 7.10. The van der Waals surface area contributed by atoms with E-state index in [2.05, 4.69) is 15.9 Å². The van der Waals surface area contributed by atoms with E-state index < -0.39 is 0 Å². The number of halogens is 2. The molecule has 0 aliphatic carbocycles. The Balaban J connectivity index is 2.87. The lowest BCUT2D eigenvalue weighted by Gasteiger charge is -2.01. The molecule has 66 valence electrons. The van der Waals surface area contributed by atoms with E-state index in [1.807, 2.05) is 12.1 Å². The van der Waals surface area contributed by atoms with Crippen LogP contribution in [0.15, 0.2) is 34.9 Å². The first-order chi connectivity index (χ1) is 6.16. The zero-order chi connectivity index (χ0) is 9.42. The zero-order valence-corrected chi connectivity index (χ0v) is 8.84. The van der Waals surface area contributed by atoms with E-state index in [1.54, 1.807) is 12.1 Å². The molecule has 0 spiro atoms. The topological polar surface area (TPSA) is 26.9 Å². The van der Waals surface area contributed by atoms with Crippen LogP contribution in [-0.4, -0.2) is 0 Å². The summed E-state index contributed by atoms with van der Waals surface area (Å²) in [6.07, 6.45) is 1.46. The van der Waals surface area contributed by atoms with Gasteiger partial charge in [-0.15, -0.1) is 0 Å². The number of rotatable bonds is 0. The number of hydrogen-bond acceptors (Lipinski definition) is 1. The lowest BCUT2D eigenvalue weighted by molar-refractivity contribution is -0.577. The maximum atomic E-state index is 11.4. The van der Waals surface area contributed by atoms with Gasteiger partial charge in [0.1, 0.15) is 0 Å². The Morgan fingerprint density at radius 3 is 2.85 bits per heavy atom. The predicted octanol–water partition coefficient (Wildman–Crippen LogP) is 2.89. The van der Waals surface area contributed by atoms with E-state index in [1.165, 1.54) is 6.20 Å². The van der Waals surface area contributed by atoms with Crippen LogP contribution in [0, 0.1) is 5.21 Å². The molecule has 1 aromatic carbocycles. The molecule has 0 radical (unpaired) electrons. The highest BCUT2D eigenvalue weighted by atomic mass is 79.9. The Hall–Kier alpha value is -0.800. The Morgan fingerprint density at radius 2 is 2.08 bits per heavy atom. The van der Waals surface area contributed by atoms with Crippen LogP contribution in [0.1, 0.15) is 0 Å². The molecule has 0 atom stereocenters. The van der Waals surface area contributed by atoms with Crippen LogP contribution in [0.25, 0.3) is 10.9 Å². The van der Waals surface area contributed by atoms with Crippen molar-refractivity contribution in [3.63, 3.8) is 0 Å². The Kier molecular flexibility index (Phi) is 2.14. The van der Waals surface area contributed by atoms with Crippen molar-refractivity contribution >= 4 is 38.4 Å². The van der Waals surface area contributed by atoms with E-state index >= 15 is 0 Å². The smallest absolute Gasteiger partial charge is 0.225 e. The first-order valence-electron chi connectivity index (χ1n) is 3.65. The molecule has 0 aliphatic rings. The summed E-state index contributed by atoms with van der Waals surface area (Å²) < 4.78 is 1.56. The fraction of sp³-hybridized carbons (Fsp3) is 0. The van der Waals surface area contributed by atoms with Crippen molar-refractivity contribution in [2.75, 3.05) is 0 Å². The molecule has 0 aliphatic heterocycles. The van der Waals surface area contributed by atoms with Crippen molar-refractivity contribution in [2.24, 2.45) is 0 Å². The minimum Gasteiger partial charge on any atom is -0.618 e. The second kappa shape index (κ2) is 3.16. The normalized spacial score (nSPS) is 10.6. The summed E-state index contributed by atoms with van der Waals surface area (Å²) in [5.74, 6) is 0. The molecule has 0 amide bonds. The molecule has 2 rings (SSSR count). The first kappa shape index (κ1) is 8.78. The first-order valence-corrected chi connectivity index (χ1v) is 4.82. The van der Waals surface area contributed by atoms with Crippen molar-refractivity contribution in [3.8, 4) is 0 Å². The third kappa shape index (κ3) is 1.62. The van der Waals surface area contributed by atoms with E-state index in [0.29, 0.717) is 10.5 Å². The molecule has 2 nitrogen and oxygen atoms in total. The average molecular weight is 259 g/mol. The molecular formula is C9H5BrClNO. The van der Waals surface area contributed by atoms with E-state index in [4.69, 9.17) is 11.6 Å². The van der Waals surface area contributed by atoms with Gasteiger partial charge in [-0.1, -0.05) is 11.6 Å². The van der Waals surface area contributed by atoms with Gasteiger partial charge in [0.2, 0.25) is 5.52 Å². The van der Waals surface area contributed by atoms with Crippen molar-refractivity contribution < 1.29 is 4.73 Å². The number of nitrogens with zero attached hydrogens (tertiary/aromatic N) is 1. The van der Waals surface area contributed by atoms with Gasteiger partial charge in [0, 0.05) is 16.5 Å². The van der Waals surface area contributed by atoms with Gasteiger partial charge in [-0.25, -0.2) is 0 Å². The molecule has 13 heavy (non-hydrogen) atoms. The monoisotopic (exact) mass is 257 g/mol. The molecule has 1 heterocycles. The molecule has 1 aromatic heterocycles. The molecule has 0 N–H and O–H groups in total. The lowest BCUT2D eigenvalue weighted by atomic mass is 10.2. The number of benzene rings is 1. The Morgan fingerprint density at radius 1 is 1.31 bits per heavy atom. The van der Waals surface area contributed by atoms with E-state index in [0.717, 1.165) is 14.6 Å². The number of aromatic nitrogens is 1. The summed E-state index contributed by atoms with van der Waals surface area (Å²) in [6.45, 7) is 0. The summed E-state index contributed by atoms with van der Waals surface area (Å²) in [5, 5.41) is 12.8. The third-order valence-corrected chi connectivity index (χ3v) is 2.43. The minimum atomic E-state index is 0.569. The Labute approximate surface area is 88.5 Å². The van der Waals surface area contributed by atoms with Crippen molar-refractivity contribution in [2.45, 2.75) is 0 Å². The fourth-order valence-electron chi connectivity index (χ4n) is 1.20. The van der Waals surface area contributed by atoms with Crippen LogP contribution in [0.4, 0.5) is 0 Å². The van der Waals surface area contributed by atoms with E-state index in [9.17, 15) is 5.21 Å². The SMILES string of the molecule is [O-][n+]1cc(Br)cc2ccc(Cl)cc21. The molecular weight excluding hydrogens is 253 g/mol. The van der Waals surface area contributed by atoms with Crippen LogP contribution in [0.3, 0.4) is 0 Å². The number of pyridine rings is 1. The maximum Gasteiger partial charge on any atom is 0.225 e. The molecule has 0 saturated heterocycles. The van der Waals surface area contributed by atoms with Gasteiger partial charge in [-0.3, -0.25) is 0 Å². The number of hydrogen-bond donors (Lipinski definition) is 0. The van der Waals surface area contributed by atoms with Crippen molar-refractivity contribution in [3.05, 3.63) is 45.2 Å². The molecule has 2 aromatic rings. The van der Waals surface area contributed by atoms with Gasteiger partial charge < -0.3 is 5.21 Å². The van der Waals surface area contributed by atoms with Gasteiger partial charge in [-0.05, 0) is 34.1 Å². The second-order valence-electron chi connectivity index (χ2n) is 2.69. The molecule has 0 saturated carbocycles. The predicted molar refractivity (Wildman–Crippen MR) is 55.6 cm³/mol. The van der Waals surface area contributed by atoms with Gasteiger partial charge in [0.05, 0.1) is 4.47 Å². The quantitative estimate of drug-likeness (QED) is 0.527. The van der Waals surface area contributed by atoms with Crippen LogP contribution in [-0.2, 0) is 0 Å². The molecule has 0 bridgehead atoms. The van der Waals surface area contributed by atoms with Crippen LogP contribution in [0.5, 0.6) is 0 Å². The van der Waals surface area contributed by atoms with Crippen LogP contribution < -0.4 is 4.73 Å². The fourth-order valence-corrected chi connectivity index (χ4v) is 1.80. The molecule has 4 heteroatoms. The lowest BCUT2D eigenvalue weighted by Crippen LogP contribution is -2.26. The van der Waals surface area contributed by atoms with Gasteiger partial charge in [-0.2, -0.15) is 4.73 Å². The van der Waals surface area contributed by atoms with Gasteiger partial charge in [0.15, 0.2) is 6.20 Å². The van der Waals surface area contributed by atoms with Gasteiger partial charge in [0.25, 0.3) is 0 Å². The minimum absolute atomic E-state index is 0.569. The van der Waals surface area contributed by atoms with Crippen LogP contribution >= 0.6 is 27.5 Å². The summed E-state index contributed by atoms with van der Waals surface area (Å²) >= 11 is 9.01. The van der Waals surface area contributed by atoms with Crippen LogP contribution in [0.2, 0.25) is 5.02 Å². The maximum absolute atomic E-state index is 11.4. The summed E-state index contributed by atoms with van der Waals surface area (Å²) in [4.78, 5) is 0. The summed E-state index contributed by atoms with van der Waals surface area (Å²) in [5.41, 5.74) is 0.579. The Bertz CT molecular complexity index is 472. The second-order valence-corrected chi connectivity index (χ2v) is 4.04. The molecule has 0 unspecified atom stereocenters. The highest BCUT2D eigenvalue weighted by Crippen LogP contribution is 2.19. The third-order valence-electron chi connectivity index (χ3n) is 1.76. The van der Waals surface area contributed by atoms with Gasteiger partial charge >= 0.3 is 0 Å². The van der Waals surface area contributed by atoms with Crippen molar-refractivity contribution in [1.29, 1.82) is 0 Å². The standard InChI is InChI=1S/C9H5BrClNO/c10-7-3-6-1-2-8(11)4-9(6)12(13)5-7/h1-5H. The van der Waals surface area contributed by atoms with E-state index in [-0.39, 0.29) is 0 Å². The average Bonchev–Trinajstić information content (AvgIpc) is 2.06. The summed E-state index contributed by atoms with van der Waals surface area (Å²) in [7, 11) is 0. The number of fused-ring (bicyclic) bond motifs is 1. The molecule has 0 fully saturated rings. The zero-order valence-electron chi connectivity index (χ0n) is 6.50. The largest absolute Gasteiger partial charge is 0.618 e. The highest BCUT2D eigenvalue weighted by molar-refractivity contribution is 9.10. The highest BCUT2D eigenvalue weighted by Gasteiger charge is 2.05.